The summed E-state index contributed by atoms with van der Waals surface area (Å²) in [6.07, 6.45) is 0. The van der Waals surface area contributed by atoms with Gasteiger partial charge in [-0.3, -0.25) is 35.1 Å². The molecule has 0 radical (unpaired) electrons. The molecule has 144 valence electrons. The van der Waals surface area contributed by atoms with E-state index in [0.29, 0.717) is 18.7 Å². The number of nitro benzene ring substituents is 3. The predicted molar refractivity (Wildman–Crippen MR) is 85.4 cm³/mol. The van der Waals surface area contributed by atoms with Gasteiger partial charge in [0.15, 0.2) is 0 Å². The van der Waals surface area contributed by atoms with Crippen molar-refractivity contribution >= 4 is 23.0 Å². The van der Waals surface area contributed by atoms with Crippen molar-refractivity contribution in [2.75, 3.05) is 34.3 Å². The normalized spacial score (nSPS) is 10.3. The molecule has 0 aliphatic carbocycles. The molecule has 0 fully saturated rings. The number of ether oxygens (including phenoxy) is 1. The van der Waals surface area contributed by atoms with Crippen LogP contribution in [0.2, 0.25) is 0 Å². The van der Waals surface area contributed by atoms with Crippen molar-refractivity contribution in [3.05, 3.63) is 42.5 Å². The van der Waals surface area contributed by atoms with E-state index >= 15 is 0 Å². The monoisotopic (exact) mass is 374 g/mol. The zero-order valence-corrected chi connectivity index (χ0v) is 14.5. The van der Waals surface area contributed by atoms with E-state index in [9.17, 15) is 40.2 Å². The van der Waals surface area contributed by atoms with Crippen molar-refractivity contribution in [1.29, 1.82) is 0 Å². The van der Waals surface area contributed by atoms with E-state index in [1.54, 1.807) is 0 Å². The molecule has 0 aliphatic rings. The zero-order chi connectivity index (χ0) is 20.7. The smallest absolute Gasteiger partial charge is 0.302 e. The Morgan fingerprint density at radius 3 is 1.69 bits per heavy atom. The van der Waals surface area contributed by atoms with Crippen LogP contribution in [0.5, 0.6) is 5.75 Å². The number of esters is 1. The van der Waals surface area contributed by atoms with Gasteiger partial charge < -0.3 is 14.3 Å². The lowest BCUT2D eigenvalue weighted by Gasteiger charge is -2.23. The molecule has 0 unspecified atom stereocenters. The van der Waals surface area contributed by atoms with E-state index in [2.05, 4.69) is 21.1 Å². The predicted octanol–water partition coefficient (Wildman–Crippen LogP) is 0.741. The number of quaternary nitrogens is 1. The van der Waals surface area contributed by atoms with Crippen LogP contribution in [0, 0.1) is 30.3 Å². The van der Waals surface area contributed by atoms with Gasteiger partial charge in [0, 0.05) is 6.92 Å². The van der Waals surface area contributed by atoms with Crippen LogP contribution in [0.3, 0.4) is 0 Å². The fraction of sp³-hybridized carbons (Fsp3) is 0.462. The van der Waals surface area contributed by atoms with Gasteiger partial charge in [-0.25, -0.2) is 0 Å². The summed E-state index contributed by atoms with van der Waals surface area (Å²) in [5.41, 5.74) is -3.26. The molecule has 0 heterocycles. The number of rotatable bonds is 6. The van der Waals surface area contributed by atoms with Crippen LogP contribution >= 0.6 is 0 Å². The molecule has 0 saturated heterocycles. The van der Waals surface area contributed by atoms with E-state index in [-0.39, 0.29) is 5.97 Å². The van der Waals surface area contributed by atoms with Crippen LogP contribution in [0.15, 0.2) is 12.1 Å². The van der Waals surface area contributed by atoms with Crippen LogP contribution in [0.25, 0.3) is 0 Å². The fourth-order valence-electron chi connectivity index (χ4n) is 1.42. The van der Waals surface area contributed by atoms with Crippen LogP contribution in [0.4, 0.5) is 17.1 Å². The first-order valence-electron chi connectivity index (χ1n) is 6.98. The molecule has 0 bridgehead atoms. The molecule has 0 amide bonds. The Labute approximate surface area is 147 Å². The second-order valence-corrected chi connectivity index (χ2v) is 5.94. The van der Waals surface area contributed by atoms with Crippen LogP contribution in [0.1, 0.15) is 6.92 Å². The molecule has 13 heteroatoms. The Hall–Kier alpha value is -3.35. The molecular weight excluding hydrogens is 356 g/mol. The Morgan fingerprint density at radius 1 is 1.00 bits per heavy atom. The number of hydrogen-bond donors (Lipinski definition) is 0. The summed E-state index contributed by atoms with van der Waals surface area (Å²) >= 11 is 0. The zero-order valence-electron chi connectivity index (χ0n) is 14.5. The summed E-state index contributed by atoms with van der Waals surface area (Å²) in [5, 5.41) is 42.1. The number of likely N-dealkylation sites (N-methyl/N-ethyl adjacent to an activating group) is 1. The molecule has 1 aromatic rings. The molecule has 0 atom stereocenters. The van der Waals surface area contributed by atoms with Crippen molar-refractivity contribution in [3.8, 4) is 5.75 Å². The van der Waals surface area contributed by atoms with E-state index in [1.807, 2.05) is 0 Å². The highest BCUT2D eigenvalue weighted by molar-refractivity contribution is 5.65. The fourth-order valence-corrected chi connectivity index (χ4v) is 1.42. The number of nitrogens with zero attached hydrogens (tertiary/aromatic N) is 4. The summed E-state index contributed by atoms with van der Waals surface area (Å²) in [7, 11) is 6.18. The summed E-state index contributed by atoms with van der Waals surface area (Å²) in [6, 6.07) is 0.769. The van der Waals surface area contributed by atoms with Gasteiger partial charge in [0.05, 0.1) is 53.8 Å². The molecule has 0 spiro atoms. The van der Waals surface area contributed by atoms with Gasteiger partial charge in [-0.2, -0.15) is 0 Å². The second kappa shape index (κ2) is 9.22. The van der Waals surface area contributed by atoms with E-state index in [0.717, 1.165) is 11.0 Å². The van der Waals surface area contributed by atoms with Crippen molar-refractivity contribution in [2.45, 2.75) is 6.92 Å². The average molecular weight is 374 g/mol. The first kappa shape index (κ1) is 22.6. The Balaban J connectivity index is 0.000000541. The minimum absolute atomic E-state index is 0.201. The van der Waals surface area contributed by atoms with Crippen molar-refractivity contribution in [1.82, 2.24) is 0 Å². The number of carbonyl (C=O) groups excluding carboxylic acids is 1. The molecule has 13 nitrogen and oxygen atoms in total. The first-order valence-corrected chi connectivity index (χ1v) is 6.98. The number of nitro groups is 3. The largest absolute Gasteiger partial charge is 0.863 e. The van der Waals surface area contributed by atoms with Crippen molar-refractivity contribution in [3.63, 3.8) is 0 Å². The Bertz CT molecular complexity index is 677. The number of carbonyl (C=O) groups is 1. The molecule has 0 aliphatic heterocycles. The second-order valence-electron chi connectivity index (χ2n) is 5.94. The highest BCUT2D eigenvalue weighted by Crippen LogP contribution is 2.36. The van der Waals surface area contributed by atoms with Crippen molar-refractivity contribution < 1.29 is 33.9 Å². The maximum atomic E-state index is 11.1. The van der Waals surface area contributed by atoms with Gasteiger partial charge in [0.1, 0.15) is 13.2 Å². The molecule has 26 heavy (non-hydrogen) atoms. The average Bonchev–Trinajstić information content (AvgIpc) is 2.45. The summed E-state index contributed by atoms with van der Waals surface area (Å²) < 4.78 is 5.59. The highest BCUT2D eigenvalue weighted by Gasteiger charge is 2.24. The van der Waals surface area contributed by atoms with E-state index in [1.165, 1.54) is 6.92 Å². The molecule has 0 aromatic heterocycles. The standard InChI is InChI=1S/C7H16NO2.C6H3N3O7/c1-7(9)10-6-5-8(2,3)4;10-6-4(8(13)14)1-3(7(11)12)2-5(6)9(15)16/h5-6H2,1-4H3;1-2,10H/q+1;/p-1. The van der Waals surface area contributed by atoms with E-state index in [4.69, 9.17) is 4.74 Å². The lowest BCUT2D eigenvalue weighted by molar-refractivity contribution is -0.870. The third-order valence-electron chi connectivity index (χ3n) is 2.71. The maximum Gasteiger partial charge on any atom is 0.302 e. The molecular formula is C13H18N4O9. The first-order chi connectivity index (χ1) is 11.8. The third-order valence-corrected chi connectivity index (χ3v) is 2.71. The SMILES string of the molecule is CC(=O)OCC[N+](C)(C)C.O=[N+]([O-])c1cc([N+](=O)[O-])c([O-])c([N+](=O)[O-])c1. The summed E-state index contributed by atoms with van der Waals surface area (Å²) in [5.74, 6) is -1.66. The number of non-ortho nitro benzene ring substituents is 1. The van der Waals surface area contributed by atoms with Crippen LogP contribution in [-0.2, 0) is 9.53 Å². The minimum Gasteiger partial charge on any atom is -0.863 e. The number of benzene rings is 1. The lowest BCUT2D eigenvalue weighted by Crippen LogP contribution is -2.37. The maximum absolute atomic E-state index is 11.1. The molecule has 1 aromatic carbocycles. The van der Waals surface area contributed by atoms with Gasteiger partial charge in [-0.05, 0) is 0 Å². The molecule has 1 rings (SSSR count). The molecule has 0 N–H and O–H groups in total. The van der Waals surface area contributed by atoms with E-state index < -0.39 is 37.6 Å². The minimum atomic E-state index is -1.46. The lowest BCUT2D eigenvalue weighted by atomic mass is 10.2. The topological polar surface area (TPSA) is 179 Å². The van der Waals surface area contributed by atoms with Gasteiger partial charge in [-0.15, -0.1) is 0 Å². The van der Waals surface area contributed by atoms with Gasteiger partial charge in [0.2, 0.25) is 0 Å². The van der Waals surface area contributed by atoms with Gasteiger partial charge >= 0.3 is 5.97 Å². The number of hydrogen-bond acceptors (Lipinski definition) is 9. The van der Waals surface area contributed by atoms with Crippen LogP contribution in [-0.4, -0.2) is 59.5 Å². The quantitative estimate of drug-likeness (QED) is 0.300. The summed E-state index contributed by atoms with van der Waals surface area (Å²) in [4.78, 5) is 37.8. The summed E-state index contributed by atoms with van der Waals surface area (Å²) in [6.45, 7) is 2.80. The van der Waals surface area contributed by atoms with Gasteiger partial charge in [0.25, 0.3) is 17.1 Å². The van der Waals surface area contributed by atoms with Crippen molar-refractivity contribution in [2.24, 2.45) is 0 Å². The third kappa shape index (κ3) is 7.96. The molecule has 0 saturated carbocycles. The highest BCUT2D eigenvalue weighted by atomic mass is 16.6. The Morgan fingerprint density at radius 2 is 1.42 bits per heavy atom. The Kier molecular flexibility index (Phi) is 8.03. The van der Waals surface area contributed by atoms with Gasteiger partial charge in [-0.1, -0.05) is 0 Å². The van der Waals surface area contributed by atoms with Crippen LogP contribution < -0.4 is 5.11 Å².